The fraction of sp³-hybridized carbons (Fsp3) is 0.391. The zero-order valence-electron chi connectivity index (χ0n) is 16.5. The van der Waals surface area contributed by atoms with E-state index in [0.29, 0.717) is 28.8 Å². The van der Waals surface area contributed by atoms with E-state index >= 15 is 0 Å². The van der Waals surface area contributed by atoms with Crippen molar-refractivity contribution in [3.63, 3.8) is 0 Å². The van der Waals surface area contributed by atoms with Crippen LogP contribution in [0, 0.1) is 11.8 Å². The molecule has 3 rings (SSSR count). The molecule has 0 bridgehead atoms. The van der Waals surface area contributed by atoms with Crippen LogP contribution in [-0.4, -0.2) is 24.5 Å². The van der Waals surface area contributed by atoms with Crippen LogP contribution < -0.4 is 15.4 Å². The SMILES string of the molecule is CC1CCCC(NC(=O)COc2ccccc2C(=O)Nc2ccccc2)C1C. The molecular weight excluding hydrogens is 352 g/mol. The maximum atomic E-state index is 12.6. The molecule has 0 aromatic heterocycles. The molecule has 28 heavy (non-hydrogen) atoms. The number of anilines is 1. The van der Waals surface area contributed by atoms with E-state index in [9.17, 15) is 9.59 Å². The van der Waals surface area contributed by atoms with E-state index in [-0.39, 0.29) is 24.5 Å². The van der Waals surface area contributed by atoms with E-state index in [4.69, 9.17) is 4.74 Å². The molecule has 1 aliphatic rings. The van der Waals surface area contributed by atoms with Gasteiger partial charge in [-0.05, 0) is 42.5 Å². The van der Waals surface area contributed by atoms with Crippen LogP contribution in [0.5, 0.6) is 5.75 Å². The normalized spacial score (nSPS) is 21.6. The summed E-state index contributed by atoms with van der Waals surface area (Å²) in [6.07, 6.45) is 3.36. The van der Waals surface area contributed by atoms with Crippen molar-refractivity contribution in [2.45, 2.75) is 39.2 Å². The van der Waals surface area contributed by atoms with Gasteiger partial charge in [0, 0.05) is 11.7 Å². The highest BCUT2D eigenvalue weighted by molar-refractivity contribution is 6.06. The number of rotatable bonds is 6. The van der Waals surface area contributed by atoms with Crippen LogP contribution in [-0.2, 0) is 4.79 Å². The Hall–Kier alpha value is -2.82. The lowest BCUT2D eigenvalue weighted by Crippen LogP contribution is -2.45. The molecular formula is C23H28N2O3. The Morgan fingerprint density at radius 3 is 2.50 bits per heavy atom. The highest BCUT2D eigenvalue weighted by Crippen LogP contribution is 2.29. The van der Waals surface area contributed by atoms with Gasteiger partial charge in [0.1, 0.15) is 5.75 Å². The van der Waals surface area contributed by atoms with Gasteiger partial charge in [-0.1, -0.05) is 57.0 Å². The first kappa shape index (κ1) is 19.9. The van der Waals surface area contributed by atoms with E-state index in [0.717, 1.165) is 12.8 Å². The first-order valence-corrected chi connectivity index (χ1v) is 9.92. The van der Waals surface area contributed by atoms with Gasteiger partial charge in [0.15, 0.2) is 6.61 Å². The van der Waals surface area contributed by atoms with Crippen LogP contribution in [0.3, 0.4) is 0 Å². The molecule has 2 N–H and O–H groups in total. The molecule has 0 heterocycles. The number of carbonyl (C=O) groups is 2. The lowest BCUT2D eigenvalue weighted by molar-refractivity contribution is -0.124. The molecule has 3 unspecified atom stereocenters. The van der Waals surface area contributed by atoms with Gasteiger partial charge in [0.05, 0.1) is 5.56 Å². The molecule has 0 spiro atoms. The Kier molecular flexibility index (Phi) is 6.69. The second-order valence-corrected chi connectivity index (χ2v) is 7.55. The van der Waals surface area contributed by atoms with Gasteiger partial charge < -0.3 is 15.4 Å². The lowest BCUT2D eigenvalue weighted by atomic mass is 9.78. The zero-order chi connectivity index (χ0) is 19.9. The average molecular weight is 380 g/mol. The summed E-state index contributed by atoms with van der Waals surface area (Å²) in [6, 6.07) is 16.4. The van der Waals surface area contributed by atoms with Gasteiger partial charge in [0.2, 0.25) is 0 Å². The summed E-state index contributed by atoms with van der Waals surface area (Å²) in [4.78, 5) is 25.0. The summed E-state index contributed by atoms with van der Waals surface area (Å²) in [5.74, 6) is 1.06. The minimum absolute atomic E-state index is 0.104. The number of nitrogens with one attached hydrogen (secondary N) is 2. The summed E-state index contributed by atoms with van der Waals surface area (Å²) in [7, 11) is 0. The summed E-state index contributed by atoms with van der Waals surface area (Å²) >= 11 is 0. The molecule has 0 radical (unpaired) electrons. The van der Waals surface area contributed by atoms with Gasteiger partial charge in [-0.15, -0.1) is 0 Å². The molecule has 5 nitrogen and oxygen atoms in total. The van der Waals surface area contributed by atoms with Gasteiger partial charge in [0.25, 0.3) is 11.8 Å². The van der Waals surface area contributed by atoms with Crippen molar-refractivity contribution in [2.24, 2.45) is 11.8 Å². The zero-order valence-corrected chi connectivity index (χ0v) is 16.5. The number of benzene rings is 2. The van der Waals surface area contributed by atoms with Crippen LogP contribution in [0.15, 0.2) is 54.6 Å². The van der Waals surface area contributed by atoms with Crippen molar-refractivity contribution >= 4 is 17.5 Å². The first-order valence-electron chi connectivity index (χ1n) is 9.92. The predicted molar refractivity (Wildman–Crippen MR) is 110 cm³/mol. The van der Waals surface area contributed by atoms with E-state index in [1.807, 2.05) is 30.3 Å². The molecule has 1 fully saturated rings. The first-order chi connectivity index (χ1) is 13.5. The standard InChI is InChI=1S/C23H28N2O3/c1-16-9-8-13-20(17(16)2)25-22(26)15-28-21-14-7-6-12-19(21)23(27)24-18-10-4-3-5-11-18/h3-7,10-12,14,16-17,20H,8-9,13,15H2,1-2H3,(H,24,27)(H,25,26). The van der Waals surface area contributed by atoms with Crippen molar-refractivity contribution in [3.05, 3.63) is 60.2 Å². The molecule has 0 aliphatic heterocycles. The lowest BCUT2D eigenvalue weighted by Gasteiger charge is -2.34. The second kappa shape index (κ2) is 9.40. The molecule has 3 atom stereocenters. The minimum Gasteiger partial charge on any atom is -0.483 e. The van der Waals surface area contributed by atoms with E-state index in [1.54, 1.807) is 24.3 Å². The molecule has 0 saturated heterocycles. The average Bonchev–Trinajstić information content (AvgIpc) is 2.71. The van der Waals surface area contributed by atoms with Crippen molar-refractivity contribution in [2.75, 3.05) is 11.9 Å². The number of para-hydroxylation sites is 2. The van der Waals surface area contributed by atoms with Crippen molar-refractivity contribution < 1.29 is 14.3 Å². The van der Waals surface area contributed by atoms with E-state index in [1.165, 1.54) is 6.42 Å². The van der Waals surface area contributed by atoms with Crippen LogP contribution in [0.4, 0.5) is 5.69 Å². The van der Waals surface area contributed by atoms with Crippen molar-refractivity contribution in [3.8, 4) is 5.75 Å². The van der Waals surface area contributed by atoms with Crippen molar-refractivity contribution in [1.29, 1.82) is 0 Å². The topological polar surface area (TPSA) is 67.4 Å². The maximum Gasteiger partial charge on any atom is 0.259 e. The maximum absolute atomic E-state index is 12.6. The largest absolute Gasteiger partial charge is 0.483 e. The fourth-order valence-corrected chi connectivity index (χ4v) is 3.68. The Labute approximate surface area is 166 Å². The Balaban J connectivity index is 1.58. The van der Waals surface area contributed by atoms with Crippen LogP contribution in [0.1, 0.15) is 43.5 Å². The van der Waals surface area contributed by atoms with Gasteiger partial charge >= 0.3 is 0 Å². The Morgan fingerprint density at radius 2 is 1.71 bits per heavy atom. The second-order valence-electron chi connectivity index (χ2n) is 7.55. The predicted octanol–water partition coefficient (Wildman–Crippen LogP) is 4.26. The Morgan fingerprint density at radius 1 is 1.00 bits per heavy atom. The van der Waals surface area contributed by atoms with Gasteiger partial charge in [-0.3, -0.25) is 9.59 Å². The number of ether oxygens (including phenoxy) is 1. The van der Waals surface area contributed by atoms with E-state index in [2.05, 4.69) is 24.5 Å². The third kappa shape index (κ3) is 5.12. The third-order valence-corrected chi connectivity index (χ3v) is 5.58. The van der Waals surface area contributed by atoms with E-state index < -0.39 is 0 Å². The van der Waals surface area contributed by atoms with Crippen LogP contribution in [0.25, 0.3) is 0 Å². The molecule has 1 aliphatic carbocycles. The number of amides is 2. The summed E-state index contributed by atoms with van der Waals surface area (Å²) in [6.45, 7) is 4.33. The highest BCUT2D eigenvalue weighted by atomic mass is 16.5. The minimum atomic E-state index is -0.267. The molecule has 5 heteroatoms. The third-order valence-electron chi connectivity index (χ3n) is 5.58. The van der Waals surface area contributed by atoms with Gasteiger partial charge in [-0.25, -0.2) is 0 Å². The number of hydrogen-bond acceptors (Lipinski definition) is 3. The highest BCUT2D eigenvalue weighted by Gasteiger charge is 2.28. The molecule has 148 valence electrons. The van der Waals surface area contributed by atoms with Gasteiger partial charge in [-0.2, -0.15) is 0 Å². The van der Waals surface area contributed by atoms with Crippen molar-refractivity contribution in [1.82, 2.24) is 5.32 Å². The summed E-state index contributed by atoms with van der Waals surface area (Å²) in [5, 5.41) is 5.94. The molecule has 2 aromatic carbocycles. The quantitative estimate of drug-likeness (QED) is 0.787. The summed E-state index contributed by atoms with van der Waals surface area (Å²) < 4.78 is 5.69. The smallest absolute Gasteiger partial charge is 0.259 e. The molecule has 2 aromatic rings. The van der Waals surface area contributed by atoms with Crippen LogP contribution >= 0.6 is 0 Å². The van der Waals surface area contributed by atoms with Crippen LogP contribution in [0.2, 0.25) is 0 Å². The Bertz CT molecular complexity index is 807. The monoisotopic (exact) mass is 380 g/mol. The molecule has 2 amide bonds. The number of hydrogen-bond donors (Lipinski definition) is 2. The summed E-state index contributed by atoms with van der Waals surface area (Å²) in [5.41, 5.74) is 1.11. The molecule has 1 saturated carbocycles. The number of carbonyl (C=O) groups excluding carboxylic acids is 2. The fourth-order valence-electron chi connectivity index (χ4n) is 3.68.